The summed E-state index contributed by atoms with van der Waals surface area (Å²) in [6.07, 6.45) is 0.867. The van der Waals surface area contributed by atoms with Crippen molar-refractivity contribution in [1.29, 1.82) is 0 Å². The molecule has 0 spiro atoms. The lowest BCUT2D eigenvalue weighted by molar-refractivity contribution is -0.768. The Morgan fingerprint density at radius 1 is 1.35 bits per heavy atom. The van der Waals surface area contributed by atoms with Gasteiger partial charge in [0.15, 0.2) is 0 Å². The van der Waals surface area contributed by atoms with Crippen LogP contribution in [0.5, 0.6) is 5.75 Å². The summed E-state index contributed by atoms with van der Waals surface area (Å²) in [5, 5.41) is 9.53. The summed E-state index contributed by atoms with van der Waals surface area (Å²) < 4.78 is 16.5. The molecule has 0 aliphatic carbocycles. The first-order chi connectivity index (χ1) is 16.5. The number of benzene rings is 1. The van der Waals surface area contributed by atoms with Crippen LogP contribution in [0, 0.1) is 10.1 Å². The van der Waals surface area contributed by atoms with Gasteiger partial charge in [-0.05, 0) is 43.9 Å². The van der Waals surface area contributed by atoms with Gasteiger partial charge in [-0.25, -0.2) is 4.79 Å². The number of carbonyl (C=O) groups excluding carboxylic acids is 1. The molecule has 1 unspecified atom stereocenters. The van der Waals surface area contributed by atoms with E-state index in [9.17, 15) is 14.9 Å². The van der Waals surface area contributed by atoms with Crippen molar-refractivity contribution < 1.29 is 38.7 Å². The van der Waals surface area contributed by atoms with Crippen LogP contribution in [0.3, 0.4) is 0 Å². The fourth-order valence-corrected chi connectivity index (χ4v) is 3.93. The molecule has 34 heavy (non-hydrogen) atoms. The Morgan fingerprint density at radius 3 is 3.00 bits per heavy atom. The van der Waals surface area contributed by atoms with Gasteiger partial charge in [-0.2, -0.15) is 4.89 Å². The summed E-state index contributed by atoms with van der Waals surface area (Å²) in [6, 6.07) is 5.76. The Bertz CT molecular complexity index is 810. The highest BCUT2D eigenvalue weighted by Crippen LogP contribution is 2.32. The van der Waals surface area contributed by atoms with Crippen molar-refractivity contribution >= 4 is 11.8 Å². The van der Waals surface area contributed by atoms with E-state index in [2.05, 4.69) is 9.74 Å². The SMILES string of the molecule is COCCCN1CCOc2ccc(COOC(=O)N3CCCC(OC[C@H](C)O[N+](=O)[O-])C3)cc21. The van der Waals surface area contributed by atoms with Crippen molar-refractivity contribution in [2.45, 2.75) is 45.0 Å². The van der Waals surface area contributed by atoms with Crippen molar-refractivity contribution in [3.05, 3.63) is 33.9 Å². The third kappa shape index (κ3) is 7.89. The average molecular weight is 484 g/mol. The van der Waals surface area contributed by atoms with Crippen LogP contribution in [0.1, 0.15) is 31.7 Å². The minimum absolute atomic E-state index is 0.0650. The van der Waals surface area contributed by atoms with Crippen LogP contribution in [0.2, 0.25) is 0 Å². The van der Waals surface area contributed by atoms with Gasteiger partial charge in [0.25, 0.3) is 5.09 Å². The average Bonchev–Trinajstić information content (AvgIpc) is 2.83. The Balaban J connectivity index is 1.43. The minimum atomic E-state index is -0.843. The predicted molar refractivity (Wildman–Crippen MR) is 120 cm³/mol. The zero-order valence-corrected chi connectivity index (χ0v) is 19.7. The molecule has 0 radical (unpaired) electrons. The molecule has 2 aliphatic rings. The molecule has 1 aromatic carbocycles. The van der Waals surface area contributed by atoms with Crippen LogP contribution in [-0.2, 0) is 30.7 Å². The molecule has 12 heteroatoms. The molecule has 1 aromatic rings. The predicted octanol–water partition coefficient (Wildman–Crippen LogP) is 2.57. The lowest BCUT2D eigenvalue weighted by atomic mass is 10.1. The van der Waals surface area contributed by atoms with Crippen molar-refractivity contribution in [1.82, 2.24) is 4.90 Å². The maximum absolute atomic E-state index is 12.4. The number of nitrogens with zero attached hydrogens (tertiary/aromatic N) is 3. The summed E-state index contributed by atoms with van der Waals surface area (Å²) in [6.45, 7) is 5.55. The molecule has 0 bridgehead atoms. The number of fused-ring (bicyclic) bond motifs is 1. The number of likely N-dealkylation sites (tertiary alicyclic amines) is 1. The van der Waals surface area contributed by atoms with Gasteiger partial charge in [-0.1, -0.05) is 6.07 Å². The van der Waals surface area contributed by atoms with Gasteiger partial charge in [0.05, 0.1) is 31.5 Å². The summed E-state index contributed by atoms with van der Waals surface area (Å²) >= 11 is 0. The zero-order chi connectivity index (χ0) is 24.3. The van der Waals surface area contributed by atoms with Crippen LogP contribution in [0.4, 0.5) is 10.5 Å². The molecule has 3 rings (SSSR count). The van der Waals surface area contributed by atoms with E-state index in [4.69, 9.17) is 24.0 Å². The monoisotopic (exact) mass is 483 g/mol. The number of methoxy groups -OCH3 is 1. The standard InChI is InChI=1S/C22H33N3O9/c1-17(33-25(27)28)15-31-19-5-3-8-24(14-19)22(26)34-32-16-18-6-7-21-20(13-18)23(10-12-30-21)9-4-11-29-2/h6-7,13,17,19H,3-5,8-12,14-16H2,1-2H3/t17-,19?/m0/s1. The maximum Gasteiger partial charge on any atom is 0.441 e. The summed E-state index contributed by atoms with van der Waals surface area (Å²) in [5.41, 5.74) is 1.84. The van der Waals surface area contributed by atoms with Crippen LogP contribution < -0.4 is 9.64 Å². The van der Waals surface area contributed by atoms with Crippen molar-refractivity contribution in [3.8, 4) is 5.75 Å². The quantitative estimate of drug-likeness (QED) is 0.190. The Labute approximate surface area is 198 Å². The number of hydrogen-bond acceptors (Lipinski definition) is 10. The number of rotatable bonds is 12. The van der Waals surface area contributed by atoms with Crippen LogP contribution in [0.25, 0.3) is 0 Å². The molecule has 1 fully saturated rings. The number of anilines is 1. The van der Waals surface area contributed by atoms with Gasteiger partial charge in [0.1, 0.15) is 25.1 Å². The first-order valence-electron chi connectivity index (χ1n) is 11.5. The van der Waals surface area contributed by atoms with Crippen molar-refractivity contribution in [2.24, 2.45) is 0 Å². The molecule has 2 atom stereocenters. The van der Waals surface area contributed by atoms with Gasteiger partial charge in [-0.15, -0.1) is 10.1 Å². The van der Waals surface area contributed by atoms with E-state index < -0.39 is 17.3 Å². The second-order valence-electron chi connectivity index (χ2n) is 8.28. The highest BCUT2D eigenvalue weighted by molar-refractivity contribution is 5.67. The van der Waals surface area contributed by atoms with Crippen LogP contribution in [-0.4, -0.2) is 81.4 Å². The van der Waals surface area contributed by atoms with Crippen LogP contribution in [0.15, 0.2) is 18.2 Å². The van der Waals surface area contributed by atoms with Gasteiger partial charge in [0, 0.05) is 26.8 Å². The number of hydrogen-bond donors (Lipinski definition) is 0. The van der Waals surface area contributed by atoms with E-state index in [1.54, 1.807) is 14.0 Å². The van der Waals surface area contributed by atoms with Crippen LogP contribution >= 0.6 is 0 Å². The second-order valence-corrected chi connectivity index (χ2v) is 8.28. The first-order valence-corrected chi connectivity index (χ1v) is 11.5. The Morgan fingerprint density at radius 2 is 2.21 bits per heavy atom. The van der Waals surface area contributed by atoms with Gasteiger partial charge in [-0.3, -0.25) is 4.89 Å². The first kappa shape index (κ1) is 25.8. The van der Waals surface area contributed by atoms with E-state index in [-0.39, 0.29) is 19.3 Å². The van der Waals surface area contributed by atoms with E-state index >= 15 is 0 Å². The Hall–Kier alpha value is -2.83. The molecule has 2 aliphatic heterocycles. The summed E-state index contributed by atoms with van der Waals surface area (Å²) in [7, 11) is 1.69. The Kier molecular flexibility index (Phi) is 9.98. The van der Waals surface area contributed by atoms with Gasteiger partial charge < -0.3 is 28.8 Å². The molecular formula is C22H33N3O9. The third-order valence-electron chi connectivity index (χ3n) is 5.58. The van der Waals surface area contributed by atoms with Gasteiger partial charge >= 0.3 is 6.09 Å². The zero-order valence-electron chi connectivity index (χ0n) is 19.7. The summed E-state index contributed by atoms with van der Waals surface area (Å²) in [4.78, 5) is 41.2. The fourth-order valence-electron chi connectivity index (χ4n) is 3.93. The van der Waals surface area contributed by atoms with E-state index in [1.165, 1.54) is 4.90 Å². The number of carbonyl (C=O) groups is 1. The van der Waals surface area contributed by atoms with E-state index in [0.29, 0.717) is 26.3 Å². The van der Waals surface area contributed by atoms with Crippen molar-refractivity contribution in [2.75, 3.05) is 58.0 Å². The van der Waals surface area contributed by atoms with Crippen molar-refractivity contribution in [3.63, 3.8) is 0 Å². The smallest absolute Gasteiger partial charge is 0.441 e. The number of amides is 1. The maximum atomic E-state index is 12.4. The topological polar surface area (TPSA) is 122 Å². The minimum Gasteiger partial charge on any atom is -0.490 e. The molecule has 1 saturated heterocycles. The number of ether oxygens (including phenoxy) is 3. The highest BCUT2D eigenvalue weighted by Gasteiger charge is 2.27. The molecule has 12 nitrogen and oxygen atoms in total. The normalized spacial score (nSPS) is 18.6. The molecule has 0 aromatic heterocycles. The fraction of sp³-hybridized carbons (Fsp3) is 0.682. The third-order valence-corrected chi connectivity index (χ3v) is 5.58. The number of piperidine rings is 1. The largest absolute Gasteiger partial charge is 0.490 e. The molecule has 190 valence electrons. The summed E-state index contributed by atoms with van der Waals surface area (Å²) in [5.74, 6) is 0.821. The molecule has 0 N–H and O–H groups in total. The van der Waals surface area contributed by atoms with E-state index in [1.807, 2.05) is 18.2 Å². The molecule has 0 saturated carbocycles. The lowest BCUT2D eigenvalue weighted by Crippen LogP contribution is -2.44. The van der Waals surface area contributed by atoms with E-state index in [0.717, 1.165) is 49.4 Å². The molecular weight excluding hydrogens is 450 g/mol. The molecule has 1 amide bonds. The molecule has 2 heterocycles. The van der Waals surface area contributed by atoms with Gasteiger partial charge in [0.2, 0.25) is 0 Å². The second kappa shape index (κ2) is 13.2. The highest BCUT2D eigenvalue weighted by atomic mass is 17.2. The lowest BCUT2D eigenvalue weighted by Gasteiger charge is -2.32.